The minimum atomic E-state index is -0.851. The van der Waals surface area contributed by atoms with Crippen LogP contribution in [0.3, 0.4) is 0 Å². The maximum Gasteiger partial charge on any atom is 0.362 e. The van der Waals surface area contributed by atoms with Crippen LogP contribution < -0.4 is 10.6 Å². The van der Waals surface area contributed by atoms with Gasteiger partial charge < -0.3 is 34.8 Å². The van der Waals surface area contributed by atoms with E-state index in [2.05, 4.69) is 24.5 Å². The predicted molar refractivity (Wildman–Crippen MR) is 171 cm³/mol. The number of nitrogens with zero attached hydrogens (tertiary/aromatic N) is 1. The summed E-state index contributed by atoms with van der Waals surface area (Å²) in [6, 6.07) is 0. The van der Waals surface area contributed by atoms with Gasteiger partial charge in [0.2, 0.25) is 11.8 Å². The zero-order valence-electron chi connectivity index (χ0n) is 28.0. The average Bonchev–Trinajstić information content (AvgIpc) is 2.93. The lowest BCUT2D eigenvalue weighted by Crippen LogP contribution is -2.42. The van der Waals surface area contributed by atoms with E-state index >= 15 is 0 Å². The van der Waals surface area contributed by atoms with Crippen LogP contribution in [0.25, 0.3) is 0 Å². The first-order valence-corrected chi connectivity index (χ1v) is 16.2. The third-order valence-electron chi connectivity index (χ3n) is 6.71. The molecule has 0 bridgehead atoms. The van der Waals surface area contributed by atoms with E-state index in [-0.39, 0.29) is 63.1 Å². The van der Waals surface area contributed by atoms with Crippen LogP contribution >= 0.6 is 0 Å². The van der Waals surface area contributed by atoms with Crippen LogP contribution in [0.2, 0.25) is 0 Å². The van der Waals surface area contributed by atoms with Crippen LogP contribution in [-0.2, 0) is 28.7 Å². The van der Waals surface area contributed by atoms with Crippen molar-refractivity contribution in [1.29, 1.82) is 0 Å². The molecule has 4 atom stereocenters. The second-order valence-corrected chi connectivity index (χ2v) is 12.3. The van der Waals surface area contributed by atoms with E-state index in [9.17, 15) is 29.4 Å². The number of unbranched alkanes of at least 4 members (excludes halogenated alkanes) is 4. The highest BCUT2D eigenvalue weighted by Gasteiger charge is 2.25. The number of carbonyl (C=O) groups excluding carboxylic acids is 4. The maximum absolute atomic E-state index is 12.3. The van der Waals surface area contributed by atoms with Crippen molar-refractivity contribution in [2.45, 2.75) is 122 Å². The summed E-state index contributed by atoms with van der Waals surface area (Å²) in [4.78, 5) is 47.8. The number of hydrogen-bond donors (Lipinski definition) is 4. The van der Waals surface area contributed by atoms with Gasteiger partial charge in [0.1, 0.15) is 12.2 Å². The van der Waals surface area contributed by atoms with E-state index in [0.29, 0.717) is 17.3 Å². The van der Waals surface area contributed by atoms with Gasteiger partial charge in [0.15, 0.2) is 6.54 Å². The Morgan fingerprint density at radius 1 is 0.705 bits per heavy atom. The molecule has 0 heterocycles. The minimum absolute atomic E-state index is 0.125. The molecule has 0 saturated carbocycles. The van der Waals surface area contributed by atoms with E-state index in [0.717, 1.165) is 38.5 Å². The number of hydrogen-bond acceptors (Lipinski definition) is 8. The maximum atomic E-state index is 12.3. The van der Waals surface area contributed by atoms with Gasteiger partial charge in [-0.05, 0) is 38.5 Å². The van der Waals surface area contributed by atoms with Gasteiger partial charge in [0, 0.05) is 32.9 Å². The molecule has 0 fully saturated rings. The number of aliphatic hydroxyl groups is 2. The average molecular weight is 627 g/mol. The molecule has 0 aliphatic rings. The number of quaternary nitrogens is 1. The van der Waals surface area contributed by atoms with E-state index in [1.165, 1.54) is 6.92 Å². The van der Waals surface area contributed by atoms with Crippen LogP contribution in [-0.4, -0.2) is 104 Å². The molecule has 11 heteroatoms. The third kappa shape index (κ3) is 23.7. The molecule has 0 aliphatic heterocycles. The molecule has 254 valence electrons. The number of amides is 2. The molecule has 4 N–H and O–H groups in total. The molecule has 0 aliphatic carbocycles. The highest BCUT2D eigenvalue weighted by molar-refractivity contribution is 5.78. The van der Waals surface area contributed by atoms with Gasteiger partial charge >= 0.3 is 11.9 Å². The zero-order chi connectivity index (χ0) is 33.4. The van der Waals surface area contributed by atoms with Gasteiger partial charge in [0.05, 0.1) is 33.4 Å². The van der Waals surface area contributed by atoms with Gasteiger partial charge in [-0.3, -0.25) is 14.4 Å². The lowest BCUT2D eigenvalue weighted by atomic mass is 10.0. The van der Waals surface area contributed by atoms with Crippen molar-refractivity contribution >= 4 is 23.8 Å². The Hall–Kier alpha value is -2.76. The Bertz CT molecular complexity index is 885. The number of rotatable bonds is 25. The van der Waals surface area contributed by atoms with Crippen molar-refractivity contribution in [3.63, 3.8) is 0 Å². The molecule has 0 aromatic carbocycles. The molecule has 0 rings (SSSR count). The number of ether oxygens (including phenoxy) is 2. The second-order valence-electron chi connectivity index (χ2n) is 12.3. The van der Waals surface area contributed by atoms with Gasteiger partial charge in [-0.15, -0.1) is 0 Å². The lowest BCUT2D eigenvalue weighted by Gasteiger charge is -2.26. The molecule has 0 aromatic heterocycles. The summed E-state index contributed by atoms with van der Waals surface area (Å²) in [5.74, 6) is -1.19. The highest BCUT2D eigenvalue weighted by Crippen LogP contribution is 2.16. The predicted octanol–water partition coefficient (Wildman–Crippen LogP) is 3.32. The fourth-order valence-electron chi connectivity index (χ4n) is 4.36. The molecule has 0 spiro atoms. The Labute approximate surface area is 265 Å². The zero-order valence-corrected chi connectivity index (χ0v) is 28.0. The first-order chi connectivity index (χ1) is 20.8. The molecule has 0 saturated heterocycles. The monoisotopic (exact) mass is 626 g/mol. The number of likely N-dealkylation sites (N-methyl/N-ethyl adjacent to an activating group) is 1. The van der Waals surface area contributed by atoms with Crippen LogP contribution in [0.5, 0.6) is 0 Å². The SMILES string of the molecule is CCCCCC(OC(C)=O)C(O)C/C=C/CC(=O)NCCNC(=O)C/C=C/CC(O)C(CCCCC)OC(=O)C[N+](C)(C)C. The standard InChI is InChI=1S/C33H59N3O8/c1-7-9-11-19-29(43-26(3)37)27(38)17-13-15-21-31(40)34-23-24-35-32(41)22-16-14-18-28(39)30(20-12-10-8-2)44-33(42)25-36(4,5)6/h13-16,27-30,38-39H,7-12,17-25H2,1-6H3,(H-,34,35,40,41)/p+1/b15-13+,16-14+. The first-order valence-electron chi connectivity index (χ1n) is 16.2. The van der Waals surface area contributed by atoms with E-state index in [4.69, 9.17) is 9.47 Å². The Morgan fingerprint density at radius 3 is 1.52 bits per heavy atom. The van der Waals surface area contributed by atoms with Gasteiger partial charge in [0.25, 0.3) is 0 Å². The van der Waals surface area contributed by atoms with Gasteiger partial charge in [-0.2, -0.15) is 0 Å². The second kappa shape index (κ2) is 24.5. The Kier molecular flexibility index (Phi) is 23.0. The van der Waals surface area contributed by atoms with Crippen molar-refractivity contribution in [3.8, 4) is 0 Å². The molecule has 44 heavy (non-hydrogen) atoms. The van der Waals surface area contributed by atoms with Gasteiger partial charge in [-0.25, -0.2) is 4.79 Å². The number of aliphatic hydroxyl groups excluding tert-OH is 2. The largest absolute Gasteiger partial charge is 0.460 e. The fraction of sp³-hybridized carbons (Fsp3) is 0.758. The molecule has 0 aromatic rings. The van der Waals surface area contributed by atoms with E-state index in [1.54, 1.807) is 24.3 Å². The lowest BCUT2D eigenvalue weighted by molar-refractivity contribution is -0.862. The fourth-order valence-corrected chi connectivity index (χ4v) is 4.36. The van der Waals surface area contributed by atoms with Crippen LogP contribution in [0.1, 0.15) is 97.8 Å². The first kappa shape index (κ1) is 41.2. The van der Waals surface area contributed by atoms with Crippen LogP contribution in [0.4, 0.5) is 0 Å². The number of esters is 2. The van der Waals surface area contributed by atoms with Crippen molar-refractivity contribution < 1.29 is 43.3 Å². The Balaban J connectivity index is 4.36. The quantitative estimate of drug-likeness (QED) is 0.0522. The number of carbonyl (C=O) groups is 4. The smallest absolute Gasteiger partial charge is 0.362 e. The van der Waals surface area contributed by atoms with Crippen molar-refractivity contribution in [1.82, 2.24) is 10.6 Å². The van der Waals surface area contributed by atoms with Crippen molar-refractivity contribution in [3.05, 3.63) is 24.3 Å². The molecule has 0 radical (unpaired) electrons. The Morgan fingerprint density at radius 2 is 1.14 bits per heavy atom. The summed E-state index contributed by atoms with van der Waals surface area (Å²) < 4.78 is 11.3. The van der Waals surface area contributed by atoms with Crippen molar-refractivity contribution in [2.75, 3.05) is 40.8 Å². The topological polar surface area (TPSA) is 151 Å². The summed E-state index contributed by atoms with van der Waals surface area (Å²) in [7, 11) is 5.71. The van der Waals surface area contributed by atoms with E-state index in [1.807, 2.05) is 21.1 Å². The number of nitrogens with one attached hydrogen (secondary N) is 2. The molecule has 11 nitrogen and oxygen atoms in total. The van der Waals surface area contributed by atoms with Crippen LogP contribution in [0, 0.1) is 0 Å². The molecular formula is C33H60N3O8+. The molecular weight excluding hydrogens is 566 g/mol. The summed E-state index contributed by atoms with van der Waals surface area (Å²) in [6.45, 7) is 6.25. The third-order valence-corrected chi connectivity index (χ3v) is 6.71. The highest BCUT2D eigenvalue weighted by atomic mass is 16.6. The van der Waals surface area contributed by atoms with Crippen molar-refractivity contribution in [2.24, 2.45) is 0 Å². The normalized spacial score (nSPS) is 14.6. The summed E-state index contributed by atoms with van der Waals surface area (Å²) in [6.07, 6.45) is 11.7. The van der Waals surface area contributed by atoms with Crippen LogP contribution in [0.15, 0.2) is 24.3 Å². The summed E-state index contributed by atoms with van der Waals surface area (Å²) in [5, 5.41) is 26.5. The minimum Gasteiger partial charge on any atom is -0.460 e. The van der Waals surface area contributed by atoms with E-state index < -0.39 is 30.4 Å². The summed E-state index contributed by atoms with van der Waals surface area (Å²) >= 11 is 0. The summed E-state index contributed by atoms with van der Waals surface area (Å²) in [5.41, 5.74) is 0. The molecule has 4 unspecified atom stereocenters. The van der Waals surface area contributed by atoms with Gasteiger partial charge in [-0.1, -0.05) is 63.8 Å². The molecule has 2 amide bonds.